The molecule has 0 amide bonds. The lowest BCUT2D eigenvalue weighted by molar-refractivity contribution is -0.241. The van der Waals surface area contributed by atoms with Gasteiger partial charge in [-0.15, -0.1) is 5.06 Å². The molecule has 2 heterocycles. The molecule has 2 rings (SSSR count). The maximum Gasteiger partial charge on any atom is 0.492 e. The maximum atomic E-state index is 12.0. The fraction of sp³-hybridized carbons (Fsp3) is 0.500. The summed E-state index contributed by atoms with van der Waals surface area (Å²) in [5.41, 5.74) is 0.921. The first-order valence-corrected chi connectivity index (χ1v) is 5.92. The summed E-state index contributed by atoms with van der Waals surface area (Å²) in [7, 11) is 0. The Morgan fingerprint density at radius 3 is 2.53 bits per heavy atom. The van der Waals surface area contributed by atoms with Crippen molar-refractivity contribution < 1.29 is 22.8 Å². The summed E-state index contributed by atoms with van der Waals surface area (Å²) in [6.45, 7) is 0.562. The molecule has 0 unspecified atom stereocenters. The van der Waals surface area contributed by atoms with E-state index in [4.69, 9.17) is 0 Å². The van der Waals surface area contributed by atoms with Gasteiger partial charge in [-0.2, -0.15) is 13.2 Å². The Morgan fingerprint density at radius 1 is 1.32 bits per heavy atom. The summed E-state index contributed by atoms with van der Waals surface area (Å²) in [5, 5.41) is 1.06. The van der Waals surface area contributed by atoms with Crippen LogP contribution in [-0.2, 0) is 9.63 Å². The minimum atomic E-state index is -4.95. The number of aromatic nitrogens is 1. The topological polar surface area (TPSA) is 42.4 Å². The fourth-order valence-corrected chi connectivity index (χ4v) is 2.03. The summed E-state index contributed by atoms with van der Waals surface area (Å²) in [4.78, 5) is 19.2. The number of halogens is 3. The first kappa shape index (κ1) is 13.8. The molecule has 0 bridgehead atoms. The smallest absolute Gasteiger partial charge is 0.361 e. The Balaban J connectivity index is 1.85. The molecule has 104 valence electrons. The maximum absolute atomic E-state index is 12.0. The van der Waals surface area contributed by atoms with Gasteiger partial charge in [-0.05, 0) is 25.0 Å². The van der Waals surface area contributed by atoms with E-state index in [2.05, 4.69) is 9.82 Å². The van der Waals surface area contributed by atoms with E-state index in [0.717, 1.165) is 10.8 Å². The molecule has 4 nitrogen and oxygen atoms in total. The molecule has 7 heteroatoms. The van der Waals surface area contributed by atoms with Crippen LogP contribution in [0, 0.1) is 0 Å². The zero-order chi connectivity index (χ0) is 13.9. The molecule has 0 radical (unpaired) electrons. The highest BCUT2D eigenvalue weighted by Gasteiger charge is 2.43. The van der Waals surface area contributed by atoms with Crippen molar-refractivity contribution in [1.82, 2.24) is 10.0 Å². The van der Waals surface area contributed by atoms with Gasteiger partial charge < -0.3 is 4.84 Å². The second-order valence-electron chi connectivity index (χ2n) is 4.33. The van der Waals surface area contributed by atoms with E-state index in [1.54, 1.807) is 6.20 Å². The van der Waals surface area contributed by atoms with Gasteiger partial charge in [0.15, 0.2) is 0 Å². The monoisotopic (exact) mass is 274 g/mol. The number of rotatable bonds is 2. The average molecular weight is 274 g/mol. The molecular weight excluding hydrogens is 261 g/mol. The first-order chi connectivity index (χ1) is 8.97. The van der Waals surface area contributed by atoms with E-state index >= 15 is 0 Å². The third kappa shape index (κ3) is 3.66. The summed E-state index contributed by atoms with van der Waals surface area (Å²) < 4.78 is 36.1. The van der Waals surface area contributed by atoms with Crippen LogP contribution in [0.5, 0.6) is 0 Å². The molecule has 1 saturated heterocycles. The van der Waals surface area contributed by atoms with Crippen molar-refractivity contribution in [2.24, 2.45) is 0 Å². The van der Waals surface area contributed by atoms with Crippen LogP contribution in [0.2, 0.25) is 0 Å². The molecule has 0 atom stereocenters. The van der Waals surface area contributed by atoms with Gasteiger partial charge in [-0.3, -0.25) is 4.98 Å². The van der Waals surface area contributed by atoms with E-state index < -0.39 is 12.1 Å². The van der Waals surface area contributed by atoms with Crippen molar-refractivity contribution in [3.8, 4) is 0 Å². The Morgan fingerprint density at radius 2 is 2.00 bits per heavy atom. The lowest BCUT2D eigenvalue weighted by Crippen LogP contribution is -2.39. The third-order valence-corrected chi connectivity index (χ3v) is 3.00. The van der Waals surface area contributed by atoms with Crippen molar-refractivity contribution in [3.05, 3.63) is 30.1 Å². The van der Waals surface area contributed by atoms with E-state index in [9.17, 15) is 18.0 Å². The summed E-state index contributed by atoms with van der Waals surface area (Å²) in [6.07, 6.45) is -2.03. The Labute approximate surface area is 108 Å². The number of nitrogens with zero attached hydrogens (tertiary/aromatic N) is 2. The largest absolute Gasteiger partial charge is 0.492 e. The minimum Gasteiger partial charge on any atom is -0.361 e. The number of piperidine rings is 1. The molecule has 0 N–H and O–H groups in total. The predicted octanol–water partition coefficient (Wildman–Crippen LogP) is 2.28. The minimum absolute atomic E-state index is 0.196. The number of pyridine rings is 1. The number of hydrogen-bond acceptors (Lipinski definition) is 4. The van der Waals surface area contributed by atoms with Gasteiger partial charge >= 0.3 is 12.1 Å². The third-order valence-electron chi connectivity index (χ3n) is 3.00. The van der Waals surface area contributed by atoms with Crippen LogP contribution in [0.1, 0.15) is 24.5 Å². The lowest BCUT2D eigenvalue weighted by atomic mass is 9.94. The van der Waals surface area contributed by atoms with Crippen LogP contribution < -0.4 is 0 Å². The van der Waals surface area contributed by atoms with Crippen molar-refractivity contribution in [2.75, 3.05) is 13.1 Å². The predicted molar refractivity (Wildman–Crippen MR) is 59.9 cm³/mol. The second kappa shape index (κ2) is 5.56. The highest BCUT2D eigenvalue weighted by atomic mass is 19.4. The lowest BCUT2D eigenvalue weighted by Gasteiger charge is -2.30. The van der Waals surface area contributed by atoms with Gasteiger partial charge in [0.1, 0.15) is 0 Å². The first-order valence-electron chi connectivity index (χ1n) is 5.92. The van der Waals surface area contributed by atoms with Gasteiger partial charge in [0, 0.05) is 30.9 Å². The molecule has 0 saturated carbocycles. The van der Waals surface area contributed by atoms with Gasteiger partial charge in [0.05, 0.1) is 0 Å². The number of hydrogen-bond donors (Lipinski definition) is 0. The van der Waals surface area contributed by atoms with Gasteiger partial charge in [0.2, 0.25) is 0 Å². The summed E-state index contributed by atoms with van der Waals surface area (Å²) >= 11 is 0. The number of hydroxylamine groups is 2. The second-order valence-corrected chi connectivity index (χ2v) is 4.33. The van der Waals surface area contributed by atoms with E-state index in [-0.39, 0.29) is 19.0 Å². The van der Waals surface area contributed by atoms with Crippen LogP contribution in [0.25, 0.3) is 0 Å². The Hall–Kier alpha value is -1.63. The Kier molecular flexibility index (Phi) is 4.04. The molecule has 1 aromatic rings. The number of carbonyl (C=O) groups excluding carboxylic acids is 1. The van der Waals surface area contributed by atoms with Crippen molar-refractivity contribution in [1.29, 1.82) is 0 Å². The summed E-state index contributed by atoms with van der Waals surface area (Å²) in [6, 6.07) is 5.57. The SMILES string of the molecule is O=C(ON1CCC(c2ccccn2)CC1)C(F)(F)F. The van der Waals surface area contributed by atoms with Crippen LogP contribution in [0.3, 0.4) is 0 Å². The zero-order valence-electron chi connectivity index (χ0n) is 10.1. The average Bonchev–Trinajstić information content (AvgIpc) is 2.39. The molecule has 1 aliphatic heterocycles. The Bertz CT molecular complexity index is 428. The van der Waals surface area contributed by atoms with Crippen LogP contribution in [0.4, 0.5) is 13.2 Å². The molecule has 19 heavy (non-hydrogen) atoms. The van der Waals surface area contributed by atoms with E-state index in [0.29, 0.717) is 12.8 Å². The van der Waals surface area contributed by atoms with Crippen molar-refractivity contribution in [3.63, 3.8) is 0 Å². The highest BCUT2D eigenvalue weighted by molar-refractivity contribution is 5.75. The van der Waals surface area contributed by atoms with E-state index in [1.807, 2.05) is 18.2 Å². The van der Waals surface area contributed by atoms with Gasteiger partial charge in [-0.1, -0.05) is 6.07 Å². The normalized spacial score (nSPS) is 18.3. The van der Waals surface area contributed by atoms with Crippen molar-refractivity contribution >= 4 is 5.97 Å². The van der Waals surface area contributed by atoms with Gasteiger partial charge in [0.25, 0.3) is 0 Å². The standard InChI is InChI=1S/C12H13F3N2O2/c13-12(14,15)11(18)19-17-7-4-9(5-8-17)10-3-1-2-6-16-10/h1-3,6,9H,4-5,7-8H2. The molecule has 0 spiro atoms. The van der Waals surface area contributed by atoms with Crippen LogP contribution in [0.15, 0.2) is 24.4 Å². The molecule has 0 aromatic carbocycles. The quantitative estimate of drug-likeness (QED) is 0.829. The van der Waals surface area contributed by atoms with Crippen LogP contribution in [-0.4, -0.2) is 35.3 Å². The number of carbonyl (C=O) groups is 1. The number of alkyl halides is 3. The molecule has 0 aliphatic carbocycles. The van der Waals surface area contributed by atoms with Crippen LogP contribution >= 0.6 is 0 Å². The van der Waals surface area contributed by atoms with Crippen molar-refractivity contribution in [2.45, 2.75) is 24.9 Å². The molecule has 1 aromatic heterocycles. The highest BCUT2D eigenvalue weighted by Crippen LogP contribution is 2.27. The summed E-state index contributed by atoms with van der Waals surface area (Å²) in [5.74, 6) is -1.97. The zero-order valence-corrected chi connectivity index (χ0v) is 10.1. The molecule has 1 aliphatic rings. The molecular formula is C12H13F3N2O2. The van der Waals surface area contributed by atoms with Gasteiger partial charge in [-0.25, -0.2) is 4.79 Å². The fourth-order valence-electron chi connectivity index (χ4n) is 2.03. The van der Waals surface area contributed by atoms with E-state index in [1.165, 1.54) is 0 Å². The molecule has 1 fully saturated rings.